The highest BCUT2D eigenvalue weighted by atomic mass is 19.1. The summed E-state index contributed by atoms with van der Waals surface area (Å²) in [6.45, 7) is 2.34. The zero-order chi connectivity index (χ0) is 40.3. The molecule has 55 heavy (non-hydrogen) atoms. The lowest BCUT2D eigenvalue weighted by atomic mass is 9.93. The third-order valence-corrected chi connectivity index (χ3v) is 9.70. The predicted molar refractivity (Wildman–Crippen MR) is 206 cm³/mol. The Morgan fingerprint density at radius 2 is 0.745 bits per heavy atom. The van der Waals surface area contributed by atoms with Crippen LogP contribution in [-0.4, -0.2) is 78.9 Å². The van der Waals surface area contributed by atoms with E-state index in [1.807, 2.05) is 4.90 Å². The topological polar surface area (TPSA) is 151 Å². The SMILES string of the molecule is CNCCCC(Cc1cc(F)cc(CN(Cc2cc(F)cc(CC(CCCNC)C(=O)O)c2)Cc2cc(F)cc(CC(CCCNC)C(=O)O)c2)c1)C(=O)O. The van der Waals surface area contributed by atoms with Gasteiger partial charge in [-0.1, -0.05) is 18.2 Å². The van der Waals surface area contributed by atoms with E-state index in [0.717, 1.165) is 0 Å². The van der Waals surface area contributed by atoms with Gasteiger partial charge < -0.3 is 31.3 Å². The van der Waals surface area contributed by atoms with Gasteiger partial charge in [-0.3, -0.25) is 19.3 Å². The summed E-state index contributed by atoms with van der Waals surface area (Å²) >= 11 is 0. The summed E-state index contributed by atoms with van der Waals surface area (Å²) in [5.74, 6) is -6.65. The van der Waals surface area contributed by atoms with Crippen molar-refractivity contribution in [1.82, 2.24) is 20.9 Å². The van der Waals surface area contributed by atoms with Crippen molar-refractivity contribution in [2.75, 3.05) is 40.8 Å². The first-order chi connectivity index (χ1) is 26.3. The van der Waals surface area contributed by atoms with E-state index in [-0.39, 0.29) is 38.9 Å². The van der Waals surface area contributed by atoms with Gasteiger partial charge in [0, 0.05) is 19.6 Å². The summed E-state index contributed by atoms with van der Waals surface area (Å²) in [6.07, 6.45) is 3.54. The number of benzene rings is 3. The second kappa shape index (κ2) is 23.6. The molecule has 302 valence electrons. The number of hydrogen-bond acceptors (Lipinski definition) is 7. The third-order valence-electron chi connectivity index (χ3n) is 9.70. The van der Waals surface area contributed by atoms with Crippen molar-refractivity contribution in [2.24, 2.45) is 17.8 Å². The van der Waals surface area contributed by atoms with Crippen molar-refractivity contribution in [2.45, 2.75) is 77.4 Å². The van der Waals surface area contributed by atoms with Crippen molar-refractivity contribution >= 4 is 17.9 Å². The maximum absolute atomic E-state index is 15.1. The molecule has 3 rings (SSSR count). The number of carboxylic acids is 3. The van der Waals surface area contributed by atoms with Crippen LogP contribution in [0.1, 0.15) is 71.9 Å². The number of carbonyl (C=O) groups is 3. The molecule has 0 spiro atoms. The first kappa shape index (κ1) is 45.1. The van der Waals surface area contributed by atoms with Gasteiger partial charge in [0.25, 0.3) is 0 Å². The lowest BCUT2D eigenvalue weighted by molar-refractivity contribution is -0.142. The Labute approximate surface area is 322 Å². The number of carboxylic acid groups (broad SMARTS) is 3. The lowest BCUT2D eigenvalue weighted by Gasteiger charge is -2.24. The average Bonchev–Trinajstić information content (AvgIpc) is 3.09. The molecule has 0 aliphatic heterocycles. The second-order valence-electron chi connectivity index (χ2n) is 14.5. The third kappa shape index (κ3) is 16.5. The first-order valence-corrected chi connectivity index (χ1v) is 19.0. The van der Waals surface area contributed by atoms with Gasteiger partial charge in [0.15, 0.2) is 0 Å². The Morgan fingerprint density at radius 1 is 0.491 bits per heavy atom. The molecule has 0 saturated carbocycles. The number of rotatable bonds is 27. The maximum atomic E-state index is 15.1. The molecule has 0 aliphatic rings. The number of hydrogen-bond donors (Lipinski definition) is 6. The molecule has 3 unspecified atom stereocenters. The standard InChI is InChI=1S/C42H57F3N4O6/c1-46-10-4-7-34(40(50)51)16-28-13-31(22-37(43)19-28)25-49(26-32-14-29(20-38(44)23-32)17-35(41(52)53)8-5-11-47-2)27-33-15-30(21-39(45)24-33)18-36(42(54)55)9-6-12-48-3/h13-15,19-24,34-36,46-48H,4-12,16-18,25-27H2,1-3H3,(H,50,51)(H,52,53)(H,54,55). The molecule has 0 fully saturated rings. The van der Waals surface area contributed by atoms with Gasteiger partial charge >= 0.3 is 17.9 Å². The van der Waals surface area contributed by atoms with Crippen LogP contribution in [0.15, 0.2) is 54.6 Å². The zero-order valence-corrected chi connectivity index (χ0v) is 32.2. The molecule has 0 radical (unpaired) electrons. The molecule has 0 aliphatic carbocycles. The van der Waals surface area contributed by atoms with Crippen LogP contribution in [0.2, 0.25) is 0 Å². The molecule has 0 bridgehead atoms. The van der Waals surface area contributed by atoms with Gasteiger partial charge in [-0.25, -0.2) is 13.2 Å². The first-order valence-electron chi connectivity index (χ1n) is 19.0. The smallest absolute Gasteiger partial charge is 0.306 e. The summed E-state index contributed by atoms with van der Waals surface area (Å²) in [5.41, 5.74) is 3.16. The summed E-state index contributed by atoms with van der Waals surface area (Å²) in [6, 6.07) is 13.3. The van der Waals surface area contributed by atoms with Gasteiger partial charge in [-0.05, 0) is 168 Å². The van der Waals surface area contributed by atoms with Gasteiger partial charge in [-0.2, -0.15) is 0 Å². The molecule has 3 atom stereocenters. The highest BCUT2D eigenvalue weighted by Gasteiger charge is 2.22. The van der Waals surface area contributed by atoms with Crippen LogP contribution >= 0.6 is 0 Å². The fraction of sp³-hybridized carbons (Fsp3) is 0.500. The Balaban J connectivity index is 1.97. The monoisotopic (exact) mass is 770 g/mol. The zero-order valence-electron chi connectivity index (χ0n) is 32.2. The van der Waals surface area contributed by atoms with E-state index in [1.165, 1.54) is 36.4 Å². The normalized spacial score (nSPS) is 13.1. The minimum atomic E-state index is -0.966. The average molecular weight is 771 g/mol. The number of aliphatic carboxylic acids is 3. The van der Waals surface area contributed by atoms with Crippen LogP contribution in [0.25, 0.3) is 0 Å². The van der Waals surface area contributed by atoms with E-state index < -0.39 is 53.1 Å². The Morgan fingerprint density at radius 3 is 0.982 bits per heavy atom. The fourth-order valence-electron chi connectivity index (χ4n) is 7.09. The minimum Gasteiger partial charge on any atom is -0.481 e. The Kier molecular flexibility index (Phi) is 19.3. The Bertz CT molecular complexity index is 1500. The molecule has 0 amide bonds. The van der Waals surface area contributed by atoms with E-state index in [1.54, 1.807) is 39.3 Å². The number of nitrogens with one attached hydrogen (secondary N) is 3. The van der Waals surface area contributed by atoms with Gasteiger partial charge in [0.2, 0.25) is 0 Å². The van der Waals surface area contributed by atoms with E-state index in [9.17, 15) is 29.7 Å². The van der Waals surface area contributed by atoms with Crippen LogP contribution in [0.3, 0.4) is 0 Å². The van der Waals surface area contributed by atoms with Crippen molar-refractivity contribution in [3.63, 3.8) is 0 Å². The summed E-state index contributed by atoms with van der Waals surface area (Å²) in [5, 5.41) is 38.6. The molecule has 10 nitrogen and oxygen atoms in total. The van der Waals surface area contributed by atoms with E-state index >= 15 is 13.2 Å². The Hall–Kier alpha value is -4.30. The predicted octanol–water partition coefficient (Wildman–Crippen LogP) is 6.04. The lowest BCUT2D eigenvalue weighted by Crippen LogP contribution is -2.24. The molecule has 13 heteroatoms. The molecule has 3 aromatic rings. The summed E-state index contributed by atoms with van der Waals surface area (Å²) in [7, 11) is 5.36. The van der Waals surface area contributed by atoms with Gasteiger partial charge in [0.1, 0.15) is 17.5 Å². The van der Waals surface area contributed by atoms with Crippen molar-refractivity contribution < 1.29 is 42.9 Å². The molecular formula is C42H57F3N4O6. The van der Waals surface area contributed by atoms with Crippen LogP contribution in [0.5, 0.6) is 0 Å². The molecule has 0 aromatic heterocycles. The van der Waals surface area contributed by atoms with Crippen LogP contribution < -0.4 is 16.0 Å². The number of halogens is 3. The van der Waals surface area contributed by atoms with Crippen LogP contribution in [0.4, 0.5) is 13.2 Å². The quantitative estimate of drug-likeness (QED) is 0.0507. The van der Waals surface area contributed by atoms with Gasteiger partial charge in [-0.15, -0.1) is 0 Å². The highest BCUT2D eigenvalue weighted by molar-refractivity contribution is 5.71. The van der Waals surface area contributed by atoms with Crippen molar-refractivity contribution in [3.8, 4) is 0 Å². The summed E-state index contributed by atoms with van der Waals surface area (Å²) < 4.78 is 45.4. The van der Waals surface area contributed by atoms with Gasteiger partial charge in [0.05, 0.1) is 17.8 Å². The molecule has 3 aromatic carbocycles. The second-order valence-corrected chi connectivity index (χ2v) is 14.5. The molecule has 0 heterocycles. The number of nitrogens with zero attached hydrogens (tertiary/aromatic N) is 1. The molecule has 0 saturated heterocycles. The van der Waals surface area contributed by atoms with E-state index in [0.29, 0.717) is 91.5 Å². The fourth-order valence-corrected chi connectivity index (χ4v) is 7.09. The van der Waals surface area contributed by atoms with Crippen molar-refractivity contribution in [1.29, 1.82) is 0 Å². The maximum Gasteiger partial charge on any atom is 0.306 e. The highest BCUT2D eigenvalue weighted by Crippen LogP contribution is 2.24. The van der Waals surface area contributed by atoms with E-state index in [2.05, 4.69) is 16.0 Å². The minimum absolute atomic E-state index is 0.127. The largest absolute Gasteiger partial charge is 0.481 e. The summed E-state index contributed by atoms with van der Waals surface area (Å²) in [4.78, 5) is 38.0. The van der Waals surface area contributed by atoms with Crippen LogP contribution in [-0.2, 0) is 53.3 Å². The van der Waals surface area contributed by atoms with Crippen LogP contribution in [0, 0.1) is 35.2 Å². The molecule has 6 N–H and O–H groups in total. The molecular weight excluding hydrogens is 713 g/mol. The van der Waals surface area contributed by atoms with Crippen molar-refractivity contribution in [3.05, 3.63) is 105 Å². The van der Waals surface area contributed by atoms with E-state index in [4.69, 9.17) is 0 Å².